The van der Waals surface area contributed by atoms with Crippen LogP contribution >= 0.6 is 0 Å². The minimum absolute atomic E-state index is 0.675. The van der Waals surface area contributed by atoms with Crippen molar-refractivity contribution >= 4 is 30.3 Å². The van der Waals surface area contributed by atoms with Gasteiger partial charge in [-0.25, -0.2) is 0 Å². The van der Waals surface area contributed by atoms with Gasteiger partial charge in [0, 0.05) is 0 Å². The Morgan fingerprint density at radius 3 is 2.39 bits per heavy atom. The van der Waals surface area contributed by atoms with E-state index in [1.54, 1.807) is 0 Å². The number of ether oxygens (including phenoxy) is 1. The molecule has 0 amide bonds. The van der Waals surface area contributed by atoms with Crippen molar-refractivity contribution in [2.24, 2.45) is 0 Å². The number of aryl methyl sites for hydroxylation is 1. The van der Waals surface area contributed by atoms with Gasteiger partial charge in [0.25, 0.3) is 0 Å². The molecule has 0 saturated carbocycles. The van der Waals surface area contributed by atoms with Gasteiger partial charge in [-0.15, -0.1) is 0 Å². The standard InChI is InChI=1S/C10H19N2OSi.3CH3.Sn/c1-10-7-12(8-11-10)9-13-5-6-14(2,3)4;;;;/h7H,5-6,9H2,1-4H3;3*1H3;. The molecule has 3 nitrogen and oxygen atoms in total. The number of nitrogens with zero attached hydrogens (tertiary/aromatic N) is 2. The van der Waals surface area contributed by atoms with Crippen molar-refractivity contribution < 1.29 is 4.74 Å². The van der Waals surface area contributed by atoms with Crippen LogP contribution in [0.1, 0.15) is 5.69 Å². The van der Waals surface area contributed by atoms with Gasteiger partial charge in [-0.1, -0.05) is 0 Å². The minimum atomic E-state index is -2.11. The van der Waals surface area contributed by atoms with Crippen LogP contribution in [-0.4, -0.2) is 42.6 Å². The van der Waals surface area contributed by atoms with E-state index < -0.39 is 26.5 Å². The van der Waals surface area contributed by atoms with E-state index in [9.17, 15) is 0 Å². The van der Waals surface area contributed by atoms with Crippen molar-refractivity contribution in [3.63, 3.8) is 0 Å². The molecule has 0 radical (unpaired) electrons. The Hall–Kier alpha value is 0.186. The van der Waals surface area contributed by atoms with E-state index in [2.05, 4.69) is 52.1 Å². The first kappa shape index (κ1) is 16.2. The van der Waals surface area contributed by atoms with Gasteiger partial charge >= 0.3 is 117 Å². The normalized spacial score (nSPS) is 13.1. The Labute approximate surface area is 117 Å². The second-order valence-electron chi connectivity index (χ2n) is 7.27. The van der Waals surface area contributed by atoms with Crippen LogP contribution in [0.5, 0.6) is 0 Å². The topological polar surface area (TPSA) is 27.1 Å². The summed E-state index contributed by atoms with van der Waals surface area (Å²) < 4.78 is 9.38. The zero-order valence-electron chi connectivity index (χ0n) is 13.0. The van der Waals surface area contributed by atoms with Crippen LogP contribution in [0.15, 0.2) is 6.20 Å². The summed E-state index contributed by atoms with van der Waals surface area (Å²) in [6.45, 7) is 10.8. The van der Waals surface area contributed by atoms with Gasteiger partial charge in [0.1, 0.15) is 0 Å². The van der Waals surface area contributed by atoms with Crippen molar-refractivity contribution in [2.45, 2.75) is 54.2 Å². The molecule has 0 unspecified atom stereocenters. The van der Waals surface area contributed by atoms with E-state index in [0.717, 1.165) is 12.3 Å². The summed E-state index contributed by atoms with van der Waals surface area (Å²) in [7, 11) is -0.977. The maximum absolute atomic E-state index is 5.84. The Bertz CT molecular complexity index is 391. The molecule has 104 valence electrons. The maximum atomic E-state index is 5.84. The van der Waals surface area contributed by atoms with Crippen LogP contribution in [-0.2, 0) is 11.5 Å². The number of hydrogen-bond acceptors (Lipinski definition) is 2. The second kappa shape index (κ2) is 6.09. The predicted octanol–water partition coefficient (Wildman–Crippen LogP) is 3.05. The van der Waals surface area contributed by atoms with Crippen molar-refractivity contribution in [3.8, 4) is 0 Å². The molecule has 1 heterocycles. The van der Waals surface area contributed by atoms with Gasteiger partial charge < -0.3 is 0 Å². The summed E-state index contributed by atoms with van der Waals surface area (Å²) in [5.41, 5.74) is 1.12. The molecule has 0 fully saturated rings. The van der Waals surface area contributed by atoms with Crippen LogP contribution in [0.4, 0.5) is 0 Å². The fourth-order valence-corrected chi connectivity index (χ4v) is 6.83. The third-order valence-corrected chi connectivity index (χ3v) is 9.47. The molecule has 0 aliphatic heterocycles. The van der Waals surface area contributed by atoms with Gasteiger partial charge in [-0.05, 0) is 0 Å². The SMILES string of the molecule is Cc1cn(COCC[Si](C)(C)C)[c]([Sn]([CH3])([CH3])[CH3])n1. The summed E-state index contributed by atoms with van der Waals surface area (Å²) in [5.74, 6) is 0. The van der Waals surface area contributed by atoms with Crippen LogP contribution in [0.3, 0.4) is 0 Å². The van der Waals surface area contributed by atoms with Gasteiger partial charge in [0.2, 0.25) is 0 Å². The Kier molecular flexibility index (Phi) is 5.50. The molecule has 5 heteroatoms. The Morgan fingerprint density at radius 2 is 1.89 bits per heavy atom. The van der Waals surface area contributed by atoms with E-state index in [4.69, 9.17) is 9.72 Å². The summed E-state index contributed by atoms with van der Waals surface area (Å²) in [4.78, 5) is 11.9. The average Bonchev–Trinajstić information content (AvgIpc) is 2.52. The molecular weight excluding hydrogens is 347 g/mol. The molecular formula is C13H28N2OSiSn. The van der Waals surface area contributed by atoms with Crippen molar-refractivity contribution in [3.05, 3.63) is 11.9 Å². The number of rotatable bonds is 6. The average molecular weight is 375 g/mol. The molecule has 0 saturated heterocycles. The van der Waals surface area contributed by atoms with Gasteiger partial charge in [-0.3, -0.25) is 0 Å². The molecule has 0 aromatic carbocycles. The zero-order chi connectivity index (χ0) is 14.0. The van der Waals surface area contributed by atoms with Gasteiger partial charge in [0.15, 0.2) is 0 Å². The van der Waals surface area contributed by atoms with Crippen LogP contribution in [0.25, 0.3) is 0 Å². The molecule has 0 atom stereocenters. The molecule has 0 N–H and O–H groups in total. The fourth-order valence-electron chi connectivity index (χ4n) is 1.78. The van der Waals surface area contributed by atoms with Crippen molar-refractivity contribution in [2.75, 3.05) is 6.61 Å². The molecule has 0 aliphatic carbocycles. The van der Waals surface area contributed by atoms with Crippen LogP contribution in [0.2, 0.25) is 40.5 Å². The first-order valence-corrected chi connectivity index (χ1v) is 20.4. The van der Waals surface area contributed by atoms with Crippen molar-refractivity contribution in [1.29, 1.82) is 0 Å². The summed E-state index contributed by atoms with van der Waals surface area (Å²) in [5, 5.41) is 0. The van der Waals surface area contributed by atoms with E-state index in [0.29, 0.717) is 6.73 Å². The number of imidazole rings is 1. The molecule has 0 spiro atoms. The first-order chi connectivity index (χ1) is 8.09. The van der Waals surface area contributed by atoms with Crippen LogP contribution in [0, 0.1) is 6.92 Å². The molecule has 1 aromatic heterocycles. The number of hydrogen-bond donors (Lipinski definition) is 0. The summed E-state index contributed by atoms with van der Waals surface area (Å²) in [6, 6.07) is 1.23. The van der Waals surface area contributed by atoms with Gasteiger partial charge in [-0.2, -0.15) is 0 Å². The molecule has 18 heavy (non-hydrogen) atoms. The van der Waals surface area contributed by atoms with E-state index in [1.165, 1.54) is 9.88 Å². The van der Waals surface area contributed by atoms with E-state index in [-0.39, 0.29) is 0 Å². The summed E-state index contributed by atoms with van der Waals surface area (Å²) >= 11 is -2.11. The second-order valence-corrected chi connectivity index (χ2v) is 27.0. The number of aromatic nitrogens is 2. The molecule has 1 aromatic rings. The summed E-state index contributed by atoms with van der Waals surface area (Å²) in [6.07, 6.45) is 2.13. The first-order valence-electron chi connectivity index (χ1n) is 6.71. The predicted molar refractivity (Wildman–Crippen MR) is 84.0 cm³/mol. The van der Waals surface area contributed by atoms with E-state index >= 15 is 0 Å². The third-order valence-electron chi connectivity index (χ3n) is 2.79. The van der Waals surface area contributed by atoms with E-state index in [1.807, 2.05) is 0 Å². The molecule has 0 bridgehead atoms. The van der Waals surface area contributed by atoms with Crippen LogP contribution < -0.4 is 3.84 Å². The van der Waals surface area contributed by atoms with Gasteiger partial charge in [0.05, 0.1) is 0 Å². The zero-order valence-corrected chi connectivity index (χ0v) is 16.9. The Balaban J connectivity index is 2.58. The fraction of sp³-hybridized carbons (Fsp3) is 0.769. The Morgan fingerprint density at radius 1 is 1.28 bits per heavy atom. The monoisotopic (exact) mass is 376 g/mol. The van der Waals surface area contributed by atoms with Crippen molar-refractivity contribution in [1.82, 2.24) is 9.55 Å². The molecule has 0 aliphatic rings. The molecule has 1 rings (SSSR count). The third kappa shape index (κ3) is 5.44. The quantitative estimate of drug-likeness (QED) is 0.565.